The van der Waals surface area contributed by atoms with E-state index in [1.165, 1.54) is 16.5 Å². The molecular weight excluding hydrogens is 352 g/mol. The van der Waals surface area contributed by atoms with E-state index in [2.05, 4.69) is 27.3 Å². The van der Waals surface area contributed by atoms with Crippen LogP contribution in [-0.4, -0.2) is 39.5 Å². The van der Waals surface area contributed by atoms with Crippen LogP contribution in [0.5, 0.6) is 0 Å². The highest BCUT2D eigenvalue weighted by Crippen LogP contribution is 2.14. The maximum absolute atomic E-state index is 12.6. The third-order valence-corrected chi connectivity index (χ3v) is 5.26. The first-order chi connectivity index (χ1) is 13.6. The van der Waals surface area contributed by atoms with Crippen molar-refractivity contribution in [2.75, 3.05) is 13.1 Å². The molecule has 1 aliphatic heterocycles. The van der Waals surface area contributed by atoms with Gasteiger partial charge >= 0.3 is 0 Å². The number of nitrogens with zero attached hydrogens (tertiary/aromatic N) is 3. The molecule has 1 fully saturated rings. The maximum Gasteiger partial charge on any atom is 0.261 e. The zero-order chi connectivity index (χ0) is 19.5. The summed E-state index contributed by atoms with van der Waals surface area (Å²) in [5.41, 5.74) is 2.74. The number of amides is 1. The van der Waals surface area contributed by atoms with E-state index in [4.69, 9.17) is 0 Å². The number of aromatic nitrogens is 2. The fourth-order valence-electron chi connectivity index (χ4n) is 3.81. The van der Waals surface area contributed by atoms with Gasteiger partial charge in [0.2, 0.25) is 5.91 Å². The van der Waals surface area contributed by atoms with E-state index in [1.54, 1.807) is 6.07 Å². The van der Waals surface area contributed by atoms with Crippen LogP contribution >= 0.6 is 0 Å². The van der Waals surface area contributed by atoms with Crippen molar-refractivity contribution in [2.45, 2.75) is 32.5 Å². The third-order valence-electron chi connectivity index (χ3n) is 5.26. The second-order valence-corrected chi connectivity index (χ2v) is 7.42. The molecule has 6 heteroatoms. The van der Waals surface area contributed by atoms with Crippen LogP contribution in [0.3, 0.4) is 0 Å². The molecule has 6 nitrogen and oxygen atoms in total. The maximum atomic E-state index is 12.6. The standard InChI is InChI=1S/C22H24N4O2/c1-16-6-5-9-19-21(16)23-15-26(22(19)28)14-20(27)24-18-10-11-25(13-18)12-17-7-3-2-4-8-17/h2-9,15,18H,10-14H2,1H3,(H,24,27)/t18-/m0/s1. The van der Waals surface area contributed by atoms with Gasteiger partial charge in [-0.3, -0.25) is 19.1 Å². The largest absolute Gasteiger partial charge is 0.350 e. The van der Waals surface area contributed by atoms with Crippen molar-refractivity contribution in [1.29, 1.82) is 0 Å². The van der Waals surface area contributed by atoms with Crippen molar-refractivity contribution in [3.63, 3.8) is 0 Å². The second-order valence-electron chi connectivity index (χ2n) is 7.42. The summed E-state index contributed by atoms with van der Waals surface area (Å²) in [6.45, 7) is 4.58. The fourth-order valence-corrected chi connectivity index (χ4v) is 3.81. The van der Waals surface area contributed by atoms with Crippen LogP contribution < -0.4 is 10.9 Å². The molecule has 1 N–H and O–H groups in total. The molecule has 144 valence electrons. The summed E-state index contributed by atoms with van der Waals surface area (Å²) < 4.78 is 1.38. The van der Waals surface area contributed by atoms with Gasteiger partial charge in [0.1, 0.15) is 6.54 Å². The first-order valence-electron chi connectivity index (χ1n) is 9.60. The Morgan fingerprint density at radius 3 is 2.82 bits per heavy atom. The lowest BCUT2D eigenvalue weighted by molar-refractivity contribution is -0.122. The van der Waals surface area contributed by atoms with Gasteiger partial charge in [-0.25, -0.2) is 4.98 Å². The Kier molecular flexibility index (Phi) is 5.21. The zero-order valence-electron chi connectivity index (χ0n) is 16.0. The van der Waals surface area contributed by atoms with E-state index in [-0.39, 0.29) is 24.1 Å². The number of para-hydroxylation sites is 1. The van der Waals surface area contributed by atoms with E-state index in [9.17, 15) is 9.59 Å². The molecule has 0 spiro atoms. The summed E-state index contributed by atoms with van der Waals surface area (Å²) in [4.78, 5) is 31.8. The van der Waals surface area contributed by atoms with E-state index < -0.39 is 0 Å². The van der Waals surface area contributed by atoms with Crippen molar-refractivity contribution in [3.05, 3.63) is 76.3 Å². The highest BCUT2D eigenvalue weighted by molar-refractivity contribution is 5.81. The Labute approximate surface area is 163 Å². The molecule has 1 atom stereocenters. The Balaban J connectivity index is 1.37. The normalized spacial score (nSPS) is 17.1. The van der Waals surface area contributed by atoms with Crippen molar-refractivity contribution in [1.82, 2.24) is 19.8 Å². The van der Waals surface area contributed by atoms with Crippen LogP contribution in [0, 0.1) is 6.92 Å². The summed E-state index contributed by atoms with van der Waals surface area (Å²) in [6.07, 6.45) is 2.39. The van der Waals surface area contributed by atoms with Crippen LogP contribution in [0.2, 0.25) is 0 Å². The second kappa shape index (κ2) is 7.94. The van der Waals surface area contributed by atoms with Gasteiger partial charge in [-0.15, -0.1) is 0 Å². The molecule has 0 bridgehead atoms. The molecule has 0 unspecified atom stereocenters. The topological polar surface area (TPSA) is 67.2 Å². The highest BCUT2D eigenvalue weighted by atomic mass is 16.2. The van der Waals surface area contributed by atoms with Gasteiger partial charge in [-0.1, -0.05) is 42.5 Å². The van der Waals surface area contributed by atoms with Gasteiger partial charge in [0, 0.05) is 25.7 Å². The number of nitrogens with one attached hydrogen (secondary N) is 1. The lowest BCUT2D eigenvalue weighted by Crippen LogP contribution is -2.40. The molecule has 0 saturated carbocycles. The SMILES string of the molecule is Cc1cccc2c(=O)n(CC(=O)N[C@H]3CCN(Cc4ccccc4)C3)cnc12. The minimum absolute atomic E-state index is 0.00903. The Morgan fingerprint density at radius 2 is 2.00 bits per heavy atom. The minimum Gasteiger partial charge on any atom is -0.350 e. The lowest BCUT2D eigenvalue weighted by Gasteiger charge is -2.17. The molecule has 0 aliphatic carbocycles. The number of benzene rings is 2. The molecular formula is C22H24N4O2. The minimum atomic E-state index is -0.180. The first-order valence-corrected chi connectivity index (χ1v) is 9.60. The van der Waals surface area contributed by atoms with Crippen LogP contribution in [0.1, 0.15) is 17.5 Å². The van der Waals surface area contributed by atoms with Crippen LogP contribution in [-0.2, 0) is 17.9 Å². The van der Waals surface area contributed by atoms with Gasteiger partial charge in [-0.05, 0) is 30.5 Å². The molecule has 1 aliphatic rings. The predicted molar refractivity (Wildman–Crippen MR) is 109 cm³/mol. The molecule has 2 aromatic carbocycles. The van der Waals surface area contributed by atoms with Gasteiger partial charge in [0.15, 0.2) is 0 Å². The molecule has 4 rings (SSSR count). The molecule has 1 aromatic heterocycles. The number of aryl methyl sites for hydroxylation is 1. The zero-order valence-corrected chi connectivity index (χ0v) is 16.0. The Morgan fingerprint density at radius 1 is 1.18 bits per heavy atom. The number of carbonyl (C=O) groups is 1. The molecule has 2 heterocycles. The number of hydrogen-bond donors (Lipinski definition) is 1. The molecule has 0 radical (unpaired) electrons. The summed E-state index contributed by atoms with van der Waals surface area (Å²) in [5, 5.41) is 3.61. The highest BCUT2D eigenvalue weighted by Gasteiger charge is 2.24. The lowest BCUT2D eigenvalue weighted by atomic mass is 10.1. The van der Waals surface area contributed by atoms with Gasteiger partial charge in [0.25, 0.3) is 5.56 Å². The fraction of sp³-hybridized carbons (Fsp3) is 0.318. The van der Waals surface area contributed by atoms with Crippen LogP contribution in [0.25, 0.3) is 10.9 Å². The number of carbonyl (C=O) groups excluding carboxylic acids is 1. The summed E-state index contributed by atoms with van der Waals surface area (Å²) in [7, 11) is 0. The van der Waals surface area contributed by atoms with Crippen molar-refractivity contribution in [2.24, 2.45) is 0 Å². The van der Waals surface area contributed by atoms with E-state index in [1.807, 2.05) is 37.3 Å². The number of rotatable bonds is 5. The summed E-state index contributed by atoms with van der Waals surface area (Å²) in [6, 6.07) is 16.0. The number of likely N-dealkylation sites (tertiary alicyclic amines) is 1. The van der Waals surface area contributed by atoms with Crippen molar-refractivity contribution < 1.29 is 4.79 Å². The van der Waals surface area contributed by atoms with E-state index in [0.29, 0.717) is 10.9 Å². The molecule has 1 saturated heterocycles. The monoisotopic (exact) mass is 376 g/mol. The van der Waals surface area contributed by atoms with E-state index in [0.717, 1.165) is 31.6 Å². The average molecular weight is 376 g/mol. The first kappa shape index (κ1) is 18.4. The van der Waals surface area contributed by atoms with Crippen LogP contribution in [0.4, 0.5) is 0 Å². The van der Waals surface area contributed by atoms with Crippen LogP contribution in [0.15, 0.2) is 59.7 Å². The van der Waals surface area contributed by atoms with Crippen molar-refractivity contribution in [3.8, 4) is 0 Å². The Bertz CT molecular complexity index is 1050. The van der Waals surface area contributed by atoms with Crippen molar-refractivity contribution >= 4 is 16.8 Å². The van der Waals surface area contributed by atoms with Gasteiger partial charge in [0.05, 0.1) is 17.2 Å². The van der Waals surface area contributed by atoms with Gasteiger partial charge in [-0.2, -0.15) is 0 Å². The van der Waals surface area contributed by atoms with E-state index >= 15 is 0 Å². The average Bonchev–Trinajstić information content (AvgIpc) is 3.12. The Hall–Kier alpha value is -2.99. The molecule has 28 heavy (non-hydrogen) atoms. The number of hydrogen-bond acceptors (Lipinski definition) is 4. The predicted octanol–water partition coefficient (Wildman–Crippen LogP) is 2.10. The van der Waals surface area contributed by atoms with Gasteiger partial charge < -0.3 is 5.32 Å². The smallest absolute Gasteiger partial charge is 0.261 e. The summed E-state index contributed by atoms with van der Waals surface area (Å²) in [5.74, 6) is -0.150. The molecule has 1 amide bonds. The third kappa shape index (κ3) is 3.97. The quantitative estimate of drug-likeness (QED) is 0.741. The number of fused-ring (bicyclic) bond motifs is 1. The molecule has 3 aromatic rings. The summed E-state index contributed by atoms with van der Waals surface area (Å²) >= 11 is 0.